The van der Waals surface area contributed by atoms with E-state index < -0.39 is 0 Å². The Kier molecular flexibility index (Phi) is 8.50. The highest BCUT2D eigenvalue weighted by molar-refractivity contribution is 5.76. The second-order valence-corrected chi connectivity index (χ2v) is 8.13. The molecule has 2 aromatic carbocycles. The minimum Gasteiger partial charge on any atom is -0.441 e. The molecule has 0 fully saturated rings. The van der Waals surface area contributed by atoms with Gasteiger partial charge in [-0.2, -0.15) is 0 Å². The SMILES string of the molecule is CCCCCc1ccc(/C=C/c2oc(C)nc2-c2ccc(CCCCC)cc2)cc1. The average Bonchev–Trinajstić information content (AvgIpc) is 3.14. The summed E-state index contributed by atoms with van der Waals surface area (Å²) >= 11 is 0. The molecule has 158 valence electrons. The number of aromatic nitrogens is 1. The summed E-state index contributed by atoms with van der Waals surface area (Å²) in [5, 5.41) is 0. The normalized spacial score (nSPS) is 11.4. The van der Waals surface area contributed by atoms with E-state index in [0.29, 0.717) is 5.89 Å². The van der Waals surface area contributed by atoms with Crippen LogP contribution in [0.5, 0.6) is 0 Å². The molecule has 2 nitrogen and oxygen atoms in total. The van der Waals surface area contributed by atoms with Gasteiger partial charge in [-0.25, -0.2) is 4.98 Å². The minimum absolute atomic E-state index is 0.697. The second-order valence-electron chi connectivity index (χ2n) is 8.13. The fraction of sp³-hybridized carbons (Fsp3) is 0.393. The van der Waals surface area contributed by atoms with Crippen LogP contribution in [0.25, 0.3) is 23.4 Å². The van der Waals surface area contributed by atoms with E-state index in [-0.39, 0.29) is 0 Å². The first-order valence-corrected chi connectivity index (χ1v) is 11.5. The van der Waals surface area contributed by atoms with Crippen molar-refractivity contribution in [3.05, 3.63) is 76.9 Å². The molecule has 0 bridgehead atoms. The first-order valence-electron chi connectivity index (χ1n) is 11.5. The third-order valence-corrected chi connectivity index (χ3v) is 5.53. The van der Waals surface area contributed by atoms with Gasteiger partial charge in [-0.3, -0.25) is 0 Å². The van der Waals surface area contributed by atoms with Gasteiger partial charge in [-0.05, 0) is 48.4 Å². The number of rotatable bonds is 11. The average molecular weight is 402 g/mol. The number of unbranched alkanes of at least 4 members (excludes halogenated alkanes) is 4. The summed E-state index contributed by atoms with van der Waals surface area (Å²) in [5.74, 6) is 1.51. The van der Waals surface area contributed by atoms with Crippen LogP contribution in [-0.2, 0) is 12.8 Å². The molecule has 3 rings (SSSR count). The van der Waals surface area contributed by atoms with Crippen LogP contribution in [0.2, 0.25) is 0 Å². The van der Waals surface area contributed by atoms with Gasteiger partial charge in [-0.15, -0.1) is 0 Å². The Morgan fingerprint density at radius 1 is 0.733 bits per heavy atom. The van der Waals surface area contributed by atoms with Crippen LogP contribution in [0.3, 0.4) is 0 Å². The second kappa shape index (κ2) is 11.5. The molecule has 0 spiro atoms. The van der Waals surface area contributed by atoms with E-state index in [1.54, 1.807) is 0 Å². The molecule has 1 aromatic heterocycles. The molecule has 0 aliphatic rings. The summed E-state index contributed by atoms with van der Waals surface area (Å²) in [6, 6.07) is 17.6. The number of hydrogen-bond acceptors (Lipinski definition) is 2. The van der Waals surface area contributed by atoms with Gasteiger partial charge >= 0.3 is 0 Å². The van der Waals surface area contributed by atoms with E-state index in [1.807, 2.05) is 13.0 Å². The third kappa shape index (κ3) is 6.45. The lowest BCUT2D eigenvalue weighted by Crippen LogP contribution is -1.87. The molecule has 0 radical (unpaired) electrons. The molecule has 30 heavy (non-hydrogen) atoms. The van der Waals surface area contributed by atoms with Crippen LogP contribution in [0.4, 0.5) is 0 Å². The monoisotopic (exact) mass is 401 g/mol. The zero-order valence-electron chi connectivity index (χ0n) is 18.8. The highest BCUT2D eigenvalue weighted by Gasteiger charge is 2.11. The summed E-state index contributed by atoms with van der Waals surface area (Å²) in [4.78, 5) is 4.64. The largest absolute Gasteiger partial charge is 0.441 e. The van der Waals surface area contributed by atoms with Crippen molar-refractivity contribution >= 4 is 12.2 Å². The number of hydrogen-bond donors (Lipinski definition) is 0. The molecule has 0 N–H and O–H groups in total. The summed E-state index contributed by atoms with van der Waals surface area (Å²) in [7, 11) is 0. The van der Waals surface area contributed by atoms with E-state index in [0.717, 1.165) is 29.9 Å². The summed E-state index contributed by atoms with van der Waals surface area (Å²) in [5.41, 5.74) is 6.01. The first-order chi connectivity index (χ1) is 14.7. The number of aryl methyl sites for hydroxylation is 3. The van der Waals surface area contributed by atoms with Gasteiger partial charge in [0.05, 0.1) is 0 Å². The molecule has 0 atom stereocenters. The van der Waals surface area contributed by atoms with E-state index >= 15 is 0 Å². The lowest BCUT2D eigenvalue weighted by molar-refractivity contribution is 0.513. The van der Waals surface area contributed by atoms with Crippen LogP contribution in [-0.4, -0.2) is 4.98 Å². The molecule has 0 unspecified atom stereocenters. The molecule has 1 heterocycles. The Morgan fingerprint density at radius 3 is 1.87 bits per heavy atom. The van der Waals surface area contributed by atoms with Crippen molar-refractivity contribution in [1.82, 2.24) is 4.98 Å². The molecule has 0 amide bonds. The van der Waals surface area contributed by atoms with Crippen molar-refractivity contribution in [3.63, 3.8) is 0 Å². The van der Waals surface area contributed by atoms with Crippen LogP contribution >= 0.6 is 0 Å². The van der Waals surface area contributed by atoms with Crippen molar-refractivity contribution < 1.29 is 4.42 Å². The zero-order chi connectivity index (χ0) is 21.2. The van der Waals surface area contributed by atoms with Crippen LogP contribution in [0, 0.1) is 6.92 Å². The Labute approximate surface area is 182 Å². The van der Waals surface area contributed by atoms with Crippen molar-refractivity contribution in [1.29, 1.82) is 0 Å². The van der Waals surface area contributed by atoms with Gasteiger partial charge in [0.25, 0.3) is 0 Å². The van der Waals surface area contributed by atoms with Crippen molar-refractivity contribution in [2.24, 2.45) is 0 Å². The van der Waals surface area contributed by atoms with Gasteiger partial charge < -0.3 is 4.42 Å². The topological polar surface area (TPSA) is 26.0 Å². The Balaban J connectivity index is 1.69. The maximum Gasteiger partial charge on any atom is 0.192 e. The van der Waals surface area contributed by atoms with E-state index in [2.05, 4.69) is 73.4 Å². The predicted molar refractivity (Wildman–Crippen MR) is 129 cm³/mol. The zero-order valence-corrected chi connectivity index (χ0v) is 18.8. The van der Waals surface area contributed by atoms with Gasteiger partial charge in [0.15, 0.2) is 11.7 Å². The van der Waals surface area contributed by atoms with Crippen LogP contribution < -0.4 is 0 Å². The van der Waals surface area contributed by atoms with Gasteiger partial charge in [0.1, 0.15) is 5.69 Å². The quantitative estimate of drug-likeness (QED) is 0.302. The molecule has 0 saturated heterocycles. The molecule has 0 aliphatic heterocycles. The fourth-order valence-electron chi connectivity index (χ4n) is 3.72. The smallest absolute Gasteiger partial charge is 0.192 e. The number of nitrogens with zero attached hydrogens (tertiary/aromatic N) is 1. The summed E-state index contributed by atoms with van der Waals surface area (Å²) < 4.78 is 5.89. The summed E-state index contributed by atoms with van der Waals surface area (Å²) in [6.45, 7) is 6.40. The number of benzene rings is 2. The molecule has 3 aromatic rings. The minimum atomic E-state index is 0.697. The van der Waals surface area contributed by atoms with Crippen molar-refractivity contribution in [2.75, 3.05) is 0 Å². The molecule has 2 heteroatoms. The molecule has 0 aliphatic carbocycles. The van der Waals surface area contributed by atoms with Gasteiger partial charge in [-0.1, -0.05) is 94.1 Å². The Bertz CT molecular complexity index is 916. The maximum atomic E-state index is 5.89. The molecular formula is C28H35NO. The first kappa shape index (κ1) is 22.1. The van der Waals surface area contributed by atoms with E-state index in [9.17, 15) is 0 Å². The van der Waals surface area contributed by atoms with Gasteiger partial charge in [0, 0.05) is 12.5 Å². The Morgan fingerprint density at radius 2 is 1.30 bits per heavy atom. The maximum absolute atomic E-state index is 5.89. The Hall–Kier alpha value is -2.61. The highest BCUT2D eigenvalue weighted by atomic mass is 16.4. The number of oxazole rings is 1. The fourth-order valence-corrected chi connectivity index (χ4v) is 3.72. The molecular weight excluding hydrogens is 366 g/mol. The van der Waals surface area contributed by atoms with Crippen molar-refractivity contribution in [3.8, 4) is 11.3 Å². The van der Waals surface area contributed by atoms with Gasteiger partial charge in [0.2, 0.25) is 0 Å². The van der Waals surface area contributed by atoms with E-state index in [1.165, 1.54) is 55.2 Å². The van der Waals surface area contributed by atoms with Crippen LogP contribution in [0.1, 0.15) is 80.7 Å². The summed E-state index contributed by atoms with van der Waals surface area (Å²) in [6.07, 6.45) is 14.1. The standard InChI is InChI=1S/C28H35NO/c1-4-6-8-10-23-12-14-25(15-13-23)18-21-27-28(29-22(3)30-27)26-19-16-24(17-20-26)11-9-7-5-2/h12-21H,4-11H2,1-3H3/b21-18+. The van der Waals surface area contributed by atoms with Crippen LogP contribution in [0.15, 0.2) is 52.9 Å². The molecule has 0 saturated carbocycles. The lowest BCUT2D eigenvalue weighted by Gasteiger charge is -2.03. The highest BCUT2D eigenvalue weighted by Crippen LogP contribution is 2.26. The lowest BCUT2D eigenvalue weighted by atomic mass is 10.0. The third-order valence-electron chi connectivity index (χ3n) is 5.53. The van der Waals surface area contributed by atoms with Crippen molar-refractivity contribution in [2.45, 2.75) is 72.1 Å². The van der Waals surface area contributed by atoms with E-state index in [4.69, 9.17) is 4.42 Å². The predicted octanol–water partition coefficient (Wildman–Crippen LogP) is 8.29.